The monoisotopic (exact) mass is 444 g/mol. The summed E-state index contributed by atoms with van der Waals surface area (Å²) in [6.07, 6.45) is 3.25. The number of pyridine rings is 1. The van der Waals surface area contributed by atoms with Gasteiger partial charge in [0.05, 0.1) is 0 Å². The van der Waals surface area contributed by atoms with E-state index in [2.05, 4.69) is 51.3 Å². The third-order valence-electron chi connectivity index (χ3n) is 4.78. The average molecular weight is 445 g/mol. The van der Waals surface area contributed by atoms with Gasteiger partial charge in [-0.3, -0.25) is 0 Å². The van der Waals surface area contributed by atoms with E-state index >= 15 is 0 Å². The Labute approximate surface area is 166 Å². The van der Waals surface area contributed by atoms with Crippen LogP contribution in [-0.2, 0) is 0 Å². The normalized spacial score (nSPS) is 15.4. The van der Waals surface area contributed by atoms with E-state index in [4.69, 9.17) is 4.52 Å². The topological polar surface area (TPSA) is 98.1 Å². The SMILES string of the molecule is Fc1ccc(Br)nc1-c1noc(C2CCN(c3ccc4nncn4n3)CC2)n1. The van der Waals surface area contributed by atoms with Gasteiger partial charge in [0, 0.05) is 19.0 Å². The second kappa shape index (κ2) is 6.89. The van der Waals surface area contributed by atoms with Crippen LogP contribution in [0.2, 0.25) is 0 Å². The van der Waals surface area contributed by atoms with E-state index in [-0.39, 0.29) is 17.4 Å². The molecule has 9 nitrogen and oxygen atoms in total. The molecule has 4 aromatic heterocycles. The molecule has 1 aliphatic rings. The molecule has 1 fully saturated rings. The quantitative estimate of drug-likeness (QED) is 0.444. The molecule has 11 heteroatoms. The summed E-state index contributed by atoms with van der Waals surface area (Å²) in [5.74, 6) is 1.18. The molecule has 0 atom stereocenters. The van der Waals surface area contributed by atoms with E-state index in [1.165, 1.54) is 12.1 Å². The fourth-order valence-electron chi connectivity index (χ4n) is 3.31. The summed E-state index contributed by atoms with van der Waals surface area (Å²) in [5.41, 5.74) is 0.790. The van der Waals surface area contributed by atoms with Gasteiger partial charge in [0.2, 0.25) is 11.7 Å². The zero-order valence-corrected chi connectivity index (χ0v) is 16.1. The molecule has 0 aliphatic carbocycles. The molecular formula is C17H14BrFN8O. The number of rotatable bonds is 3. The number of halogens is 2. The Hall–Kier alpha value is -2.95. The van der Waals surface area contributed by atoms with Gasteiger partial charge >= 0.3 is 0 Å². The second-order valence-electron chi connectivity index (χ2n) is 6.51. The van der Waals surface area contributed by atoms with Gasteiger partial charge in [0.1, 0.15) is 22.4 Å². The van der Waals surface area contributed by atoms with Crippen LogP contribution in [0.15, 0.2) is 39.7 Å². The largest absolute Gasteiger partial charge is 0.355 e. The minimum atomic E-state index is -0.485. The Balaban J connectivity index is 1.30. The van der Waals surface area contributed by atoms with Crippen molar-refractivity contribution in [3.8, 4) is 11.5 Å². The summed E-state index contributed by atoms with van der Waals surface area (Å²) >= 11 is 3.23. The van der Waals surface area contributed by atoms with Gasteiger partial charge in [-0.25, -0.2) is 9.37 Å². The molecule has 1 saturated heterocycles. The number of aromatic nitrogens is 7. The van der Waals surface area contributed by atoms with Gasteiger partial charge in [-0.05, 0) is 53.0 Å². The predicted molar refractivity (Wildman–Crippen MR) is 100 cm³/mol. The van der Waals surface area contributed by atoms with Crippen LogP contribution in [0.3, 0.4) is 0 Å². The Kier molecular flexibility index (Phi) is 4.23. The van der Waals surface area contributed by atoms with E-state index < -0.39 is 5.82 Å². The van der Waals surface area contributed by atoms with E-state index in [0.29, 0.717) is 16.1 Å². The first-order chi connectivity index (χ1) is 13.7. The highest BCUT2D eigenvalue weighted by Crippen LogP contribution is 2.30. The number of piperidine rings is 1. The average Bonchev–Trinajstić information content (AvgIpc) is 3.39. The lowest BCUT2D eigenvalue weighted by molar-refractivity contribution is 0.329. The molecule has 0 aromatic carbocycles. The molecule has 0 radical (unpaired) electrons. The summed E-state index contributed by atoms with van der Waals surface area (Å²) in [6.45, 7) is 1.60. The lowest BCUT2D eigenvalue weighted by Gasteiger charge is -2.31. The third kappa shape index (κ3) is 3.11. The van der Waals surface area contributed by atoms with Crippen molar-refractivity contribution in [2.45, 2.75) is 18.8 Å². The van der Waals surface area contributed by atoms with Gasteiger partial charge in [0.25, 0.3) is 0 Å². The molecule has 5 heterocycles. The molecular weight excluding hydrogens is 431 g/mol. The van der Waals surface area contributed by atoms with Crippen LogP contribution in [-0.4, -0.2) is 48.0 Å². The summed E-state index contributed by atoms with van der Waals surface area (Å²) in [5, 5.41) is 16.3. The highest BCUT2D eigenvalue weighted by Gasteiger charge is 2.27. The summed E-state index contributed by atoms with van der Waals surface area (Å²) < 4.78 is 21.6. The number of hydrogen-bond acceptors (Lipinski definition) is 8. The van der Waals surface area contributed by atoms with Gasteiger partial charge in [-0.2, -0.15) is 9.50 Å². The molecule has 4 aromatic rings. The van der Waals surface area contributed by atoms with Crippen LogP contribution in [0.25, 0.3) is 17.2 Å². The Morgan fingerprint density at radius 2 is 1.96 bits per heavy atom. The maximum Gasteiger partial charge on any atom is 0.230 e. The Morgan fingerprint density at radius 3 is 2.82 bits per heavy atom. The van der Waals surface area contributed by atoms with Crippen molar-refractivity contribution >= 4 is 27.4 Å². The first-order valence-electron chi connectivity index (χ1n) is 8.75. The molecule has 0 N–H and O–H groups in total. The predicted octanol–water partition coefficient (Wildman–Crippen LogP) is 2.85. The molecule has 0 saturated carbocycles. The van der Waals surface area contributed by atoms with E-state index in [0.717, 1.165) is 31.7 Å². The van der Waals surface area contributed by atoms with Crippen molar-refractivity contribution in [3.05, 3.63) is 46.9 Å². The number of hydrogen-bond donors (Lipinski definition) is 0. The van der Waals surface area contributed by atoms with Crippen molar-refractivity contribution in [1.82, 2.24) is 34.9 Å². The molecule has 0 unspecified atom stereocenters. The third-order valence-corrected chi connectivity index (χ3v) is 5.22. The second-order valence-corrected chi connectivity index (χ2v) is 7.32. The molecule has 28 heavy (non-hydrogen) atoms. The fourth-order valence-corrected chi connectivity index (χ4v) is 3.62. The number of fused-ring (bicyclic) bond motifs is 1. The maximum absolute atomic E-state index is 14.0. The highest BCUT2D eigenvalue weighted by molar-refractivity contribution is 9.10. The maximum atomic E-state index is 14.0. The van der Waals surface area contributed by atoms with Gasteiger partial charge in [0.15, 0.2) is 11.5 Å². The number of nitrogens with zero attached hydrogens (tertiary/aromatic N) is 8. The van der Waals surface area contributed by atoms with E-state index in [1.54, 1.807) is 10.8 Å². The minimum Gasteiger partial charge on any atom is -0.355 e. The van der Waals surface area contributed by atoms with Crippen LogP contribution in [0.5, 0.6) is 0 Å². The molecule has 142 valence electrons. The van der Waals surface area contributed by atoms with Crippen molar-refractivity contribution in [2.24, 2.45) is 0 Å². The van der Waals surface area contributed by atoms with Crippen LogP contribution in [0.1, 0.15) is 24.7 Å². The van der Waals surface area contributed by atoms with Crippen LogP contribution < -0.4 is 4.90 Å². The van der Waals surface area contributed by atoms with Crippen molar-refractivity contribution < 1.29 is 8.91 Å². The summed E-state index contributed by atoms with van der Waals surface area (Å²) in [6, 6.07) is 6.68. The van der Waals surface area contributed by atoms with Crippen LogP contribution in [0, 0.1) is 5.82 Å². The van der Waals surface area contributed by atoms with E-state index in [1.807, 2.05) is 12.1 Å². The standard InChI is InChI=1S/C17H14BrFN8O/c18-12-2-1-11(19)15(21-12)16-22-17(28-25-16)10-5-7-26(8-6-10)14-4-3-13-23-20-9-27(13)24-14/h1-4,9-10H,5-8H2. The van der Waals surface area contributed by atoms with Crippen LogP contribution >= 0.6 is 15.9 Å². The number of anilines is 1. The van der Waals surface area contributed by atoms with E-state index in [9.17, 15) is 4.39 Å². The molecule has 0 spiro atoms. The fraction of sp³-hybridized carbons (Fsp3) is 0.294. The minimum absolute atomic E-state index is 0.0771. The first kappa shape index (κ1) is 17.2. The Morgan fingerprint density at radius 1 is 1.11 bits per heavy atom. The highest BCUT2D eigenvalue weighted by atomic mass is 79.9. The lowest BCUT2D eigenvalue weighted by atomic mass is 9.97. The molecule has 0 bridgehead atoms. The first-order valence-corrected chi connectivity index (χ1v) is 9.55. The molecule has 1 aliphatic heterocycles. The zero-order valence-electron chi connectivity index (χ0n) is 14.5. The molecule has 0 amide bonds. The van der Waals surface area contributed by atoms with Crippen molar-refractivity contribution in [1.29, 1.82) is 0 Å². The van der Waals surface area contributed by atoms with Crippen molar-refractivity contribution in [2.75, 3.05) is 18.0 Å². The zero-order chi connectivity index (χ0) is 19.1. The van der Waals surface area contributed by atoms with Crippen LogP contribution in [0.4, 0.5) is 10.2 Å². The lowest BCUT2D eigenvalue weighted by Crippen LogP contribution is -2.33. The summed E-state index contributed by atoms with van der Waals surface area (Å²) in [4.78, 5) is 10.7. The van der Waals surface area contributed by atoms with Gasteiger partial charge in [-0.15, -0.1) is 15.3 Å². The summed E-state index contributed by atoms with van der Waals surface area (Å²) in [7, 11) is 0. The smallest absolute Gasteiger partial charge is 0.230 e. The Bertz CT molecular complexity index is 1140. The van der Waals surface area contributed by atoms with Gasteiger partial charge < -0.3 is 9.42 Å². The molecule has 5 rings (SSSR count). The van der Waals surface area contributed by atoms with Gasteiger partial charge in [-0.1, -0.05) is 5.16 Å². The van der Waals surface area contributed by atoms with Crippen molar-refractivity contribution in [3.63, 3.8) is 0 Å².